The van der Waals surface area contributed by atoms with Crippen LogP contribution in [0.15, 0.2) is 23.1 Å². The molecule has 1 saturated carbocycles. The number of sulfonamides is 1. The van der Waals surface area contributed by atoms with Gasteiger partial charge in [0.25, 0.3) is 0 Å². The summed E-state index contributed by atoms with van der Waals surface area (Å²) in [6, 6.07) is 4.80. The first-order chi connectivity index (χ1) is 11.0. The topological polar surface area (TPSA) is 58.6 Å². The molecule has 1 saturated heterocycles. The Kier molecular flexibility index (Phi) is 6.79. The van der Waals surface area contributed by atoms with Gasteiger partial charge in [0.1, 0.15) is 10.6 Å². The zero-order valence-electron chi connectivity index (χ0n) is 13.7. The van der Waals surface area contributed by atoms with Crippen molar-refractivity contribution in [1.82, 2.24) is 9.62 Å². The first-order valence-corrected chi connectivity index (χ1v) is 9.91. The van der Waals surface area contributed by atoms with Gasteiger partial charge in [0.05, 0.1) is 6.61 Å². The molecule has 5 nitrogen and oxygen atoms in total. The van der Waals surface area contributed by atoms with Crippen molar-refractivity contribution in [2.75, 3.05) is 26.7 Å². The molecular weight excluding hydrogens is 371 g/mol. The second-order valence-corrected chi connectivity index (χ2v) is 8.77. The van der Waals surface area contributed by atoms with E-state index in [-0.39, 0.29) is 23.3 Å². The second-order valence-electron chi connectivity index (χ2n) is 6.37. The third-order valence-electron chi connectivity index (χ3n) is 4.81. The van der Waals surface area contributed by atoms with Gasteiger partial charge in [-0.05, 0) is 49.9 Å². The average Bonchev–Trinajstić information content (AvgIpc) is 3.00. The van der Waals surface area contributed by atoms with Crippen molar-refractivity contribution >= 4 is 34.0 Å². The van der Waals surface area contributed by atoms with Crippen molar-refractivity contribution in [3.05, 3.63) is 23.2 Å². The van der Waals surface area contributed by atoms with Gasteiger partial charge in [-0.3, -0.25) is 0 Å². The van der Waals surface area contributed by atoms with E-state index in [0.29, 0.717) is 29.8 Å². The smallest absolute Gasteiger partial charge is 0.246 e. The molecule has 2 aliphatic rings. The van der Waals surface area contributed by atoms with Crippen molar-refractivity contribution in [3.63, 3.8) is 0 Å². The molecule has 1 aliphatic carbocycles. The van der Waals surface area contributed by atoms with E-state index in [1.165, 1.54) is 16.8 Å². The number of hydrogen-bond acceptors (Lipinski definition) is 4. The van der Waals surface area contributed by atoms with Crippen molar-refractivity contribution in [3.8, 4) is 5.75 Å². The van der Waals surface area contributed by atoms with Crippen LogP contribution in [0, 0.1) is 5.92 Å². The lowest BCUT2D eigenvalue weighted by atomic mass is 9.86. The SMILES string of the molecule is CN(C1CCNC1)S(=O)(=O)c1cc(Cl)ccc1OCC1CCC1.Cl. The normalized spacial score (nSPS) is 21.4. The molecule has 1 aromatic carbocycles. The first-order valence-electron chi connectivity index (χ1n) is 8.09. The molecule has 1 N–H and O–H groups in total. The van der Waals surface area contributed by atoms with Gasteiger partial charge in [-0.25, -0.2) is 8.42 Å². The fourth-order valence-corrected chi connectivity index (χ4v) is 4.75. The third kappa shape index (κ3) is 4.17. The summed E-state index contributed by atoms with van der Waals surface area (Å²) in [5.41, 5.74) is 0. The van der Waals surface area contributed by atoms with Crippen LogP contribution in [0.2, 0.25) is 5.02 Å². The summed E-state index contributed by atoms with van der Waals surface area (Å²) in [7, 11) is -2.00. The molecule has 0 aromatic heterocycles. The predicted molar refractivity (Wildman–Crippen MR) is 97.8 cm³/mol. The lowest BCUT2D eigenvalue weighted by molar-refractivity contribution is 0.177. The Morgan fingerprint density at radius 1 is 1.33 bits per heavy atom. The van der Waals surface area contributed by atoms with E-state index >= 15 is 0 Å². The van der Waals surface area contributed by atoms with Gasteiger partial charge in [0, 0.05) is 24.7 Å². The zero-order valence-corrected chi connectivity index (χ0v) is 16.1. The van der Waals surface area contributed by atoms with Crippen LogP contribution < -0.4 is 10.1 Å². The summed E-state index contributed by atoms with van der Waals surface area (Å²) in [4.78, 5) is 0.165. The molecule has 1 aromatic rings. The van der Waals surface area contributed by atoms with Crippen LogP contribution >= 0.6 is 24.0 Å². The number of rotatable bonds is 6. The van der Waals surface area contributed by atoms with Crippen molar-refractivity contribution < 1.29 is 13.2 Å². The van der Waals surface area contributed by atoms with Crippen LogP contribution in [-0.2, 0) is 10.0 Å². The fraction of sp³-hybridized carbons (Fsp3) is 0.625. The molecule has 3 rings (SSSR count). The number of likely N-dealkylation sites (N-methyl/N-ethyl adjacent to an activating group) is 1. The minimum absolute atomic E-state index is 0. The van der Waals surface area contributed by atoms with Crippen LogP contribution in [0.5, 0.6) is 5.75 Å². The zero-order chi connectivity index (χ0) is 16.4. The van der Waals surface area contributed by atoms with E-state index in [1.807, 2.05) is 0 Å². The highest BCUT2D eigenvalue weighted by Crippen LogP contribution is 2.33. The second kappa shape index (κ2) is 8.23. The number of nitrogens with zero attached hydrogens (tertiary/aromatic N) is 1. The molecule has 136 valence electrons. The molecule has 8 heteroatoms. The van der Waals surface area contributed by atoms with Crippen LogP contribution in [0.25, 0.3) is 0 Å². The largest absolute Gasteiger partial charge is 0.492 e. The van der Waals surface area contributed by atoms with Crippen LogP contribution in [-0.4, -0.2) is 45.5 Å². The van der Waals surface area contributed by atoms with E-state index in [9.17, 15) is 8.42 Å². The Bertz CT molecular complexity index is 659. The summed E-state index contributed by atoms with van der Waals surface area (Å²) < 4.78 is 33.2. The van der Waals surface area contributed by atoms with Gasteiger partial charge in [-0.15, -0.1) is 12.4 Å². The molecule has 0 radical (unpaired) electrons. The predicted octanol–water partition coefficient (Wildman–Crippen LogP) is 2.92. The Morgan fingerprint density at radius 3 is 2.67 bits per heavy atom. The third-order valence-corrected chi connectivity index (χ3v) is 6.98. The minimum Gasteiger partial charge on any atom is -0.492 e. The van der Waals surface area contributed by atoms with Crippen LogP contribution in [0.4, 0.5) is 0 Å². The lowest BCUT2D eigenvalue weighted by Crippen LogP contribution is -2.38. The summed E-state index contributed by atoms with van der Waals surface area (Å²) in [6.45, 7) is 2.08. The van der Waals surface area contributed by atoms with E-state index in [2.05, 4.69) is 5.32 Å². The number of ether oxygens (including phenoxy) is 1. The van der Waals surface area contributed by atoms with E-state index < -0.39 is 10.0 Å². The average molecular weight is 395 g/mol. The van der Waals surface area contributed by atoms with Crippen molar-refractivity contribution in [2.45, 2.75) is 36.6 Å². The molecule has 0 bridgehead atoms. The summed E-state index contributed by atoms with van der Waals surface area (Å²) in [5.74, 6) is 0.942. The highest BCUT2D eigenvalue weighted by molar-refractivity contribution is 7.89. The Morgan fingerprint density at radius 2 is 2.08 bits per heavy atom. The monoisotopic (exact) mass is 394 g/mol. The lowest BCUT2D eigenvalue weighted by Gasteiger charge is -2.27. The molecule has 2 fully saturated rings. The van der Waals surface area contributed by atoms with Gasteiger partial charge in [-0.1, -0.05) is 18.0 Å². The quantitative estimate of drug-likeness (QED) is 0.805. The fourth-order valence-electron chi connectivity index (χ4n) is 2.97. The van der Waals surface area contributed by atoms with E-state index in [4.69, 9.17) is 16.3 Å². The Labute approximate surface area is 155 Å². The van der Waals surface area contributed by atoms with Gasteiger partial charge in [-0.2, -0.15) is 4.31 Å². The van der Waals surface area contributed by atoms with Crippen molar-refractivity contribution in [2.24, 2.45) is 5.92 Å². The maximum atomic E-state index is 13.0. The minimum atomic E-state index is -3.63. The maximum absolute atomic E-state index is 13.0. The molecule has 1 atom stereocenters. The maximum Gasteiger partial charge on any atom is 0.246 e. The molecule has 0 amide bonds. The van der Waals surface area contributed by atoms with E-state index in [0.717, 1.165) is 25.8 Å². The van der Waals surface area contributed by atoms with Crippen molar-refractivity contribution in [1.29, 1.82) is 0 Å². The standard InChI is InChI=1S/C16H23ClN2O3S.ClH/c1-19(14-7-8-18-10-14)23(20,21)16-9-13(17)5-6-15(16)22-11-12-3-2-4-12;/h5-6,9,12,14,18H,2-4,7-8,10-11H2,1H3;1H. The molecule has 1 unspecified atom stereocenters. The molecule has 24 heavy (non-hydrogen) atoms. The molecule has 1 heterocycles. The van der Waals surface area contributed by atoms with Gasteiger partial charge in [0.15, 0.2) is 0 Å². The first kappa shape index (κ1) is 19.8. The molecule has 0 spiro atoms. The van der Waals surface area contributed by atoms with Crippen LogP contribution in [0.3, 0.4) is 0 Å². The highest BCUT2D eigenvalue weighted by atomic mass is 35.5. The summed E-state index contributed by atoms with van der Waals surface area (Å²) in [6.07, 6.45) is 4.36. The van der Waals surface area contributed by atoms with Gasteiger partial charge >= 0.3 is 0 Å². The number of halogens is 2. The number of nitrogens with one attached hydrogen (secondary N) is 1. The molecular formula is C16H24Cl2N2O3S. The van der Waals surface area contributed by atoms with Crippen LogP contribution in [0.1, 0.15) is 25.7 Å². The van der Waals surface area contributed by atoms with Gasteiger partial charge < -0.3 is 10.1 Å². The van der Waals surface area contributed by atoms with Gasteiger partial charge in [0.2, 0.25) is 10.0 Å². The number of benzene rings is 1. The van der Waals surface area contributed by atoms with E-state index in [1.54, 1.807) is 19.2 Å². The molecule has 1 aliphatic heterocycles. The summed E-state index contributed by atoms with van der Waals surface area (Å²) >= 11 is 6.04. The summed E-state index contributed by atoms with van der Waals surface area (Å²) in [5, 5.41) is 3.60. The Balaban J connectivity index is 0.00000208. The number of hydrogen-bond donors (Lipinski definition) is 1. The Hall–Kier alpha value is -0.530. The highest BCUT2D eigenvalue weighted by Gasteiger charge is 2.32.